The highest BCUT2D eigenvalue weighted by molar-refractivity contribution is 6.30. The Labute approximate surface area is 301 Å². The number of nitrogens with zero attached hydrogens (tertiary/aromatic N) is 6. The van der Waals surface area contributed by atoms with E-state index in [4.69, 9.17) is 37.5 Å². The molecule has 3 heterocycles. The minimum Gasteiger partial charge on any atom is -0.494 e. The first-order valence-electron chi connectivity index (χ1n) is 16.5. The van der Waals surface area contributed by atoms with Crippen LogP contribution in [0.5, 0.6) is 5.75 Å². The van der Waals surface area contributed by atoms with E-state index < -0.39 is 17.5 Å². The maximum Gasteiger partial charge on any atom is 0.326 e. The number of carbonyl (C=O) groups excluding carboxylic acids is 2. The molecule has 0 aliphatic carbocycles. The van der Waals surface area contributed by atoms with Crippen molar-refractivity contribution in [3.63, 3.8) is 0 Å². The number of halogens is 2. The maximum atomic E-state index is 14.9. The van der Waals surface area contributed by atoms with Crippen molar-refractivity contribution in [2.45, 2.75) is 52.1 Å². The molecule has 0 bridgehead atoms. The molecule has 0 spiro atoms. The molecule has 258 valence electrons. The molecule has 50 heavy (non-hydrogen) atoms. The molecule has 2 aliphatic heterocycles. The zero-order valence-corrected chi connectivity index (χ0v) is 30.1. The lowest BCUT2D eigenvalue weighted by molar-refractivity contribution is 0.0644. The van der Waals surface area contributed by atoms with Crippen molar-refractivity contribution in [2.24, 2.45) is 4.99 Å². The van der Waals surface area contributed by atoms with E-state index >= 15 is 0 Å². The molecule has 10 nitrogen and oxygen atoms in total. The summed E-state index contributed by atoms with van der Waals surface area (Å²) in [7, 11) is 0. The number of urea groups is 1. The molecule has 1 aromatic heterocycles. The Bertz CT molecular complexity index is 1960. The lowest BCUT2D eigenvalue weighted by Gasteiger charge is -2.39. The average Bonchev–Trinajstić information content (AvgIpc) is 3.68. The first-order valence-corrected chi connectivity index (χ1v) is 17.3. The van der Waals surface area contributed by atoms with Crippen LogP contribution in [-0.2, 0) is 5.41 Å². The SMILES string of the molecule is CCOc1cc(C2=N[C@@H](c3ccc(Cl)cc3)[C@@H](c3ccc(Cl)cc3)N2C(=O)N2CCN(C(=O)c3c(C)noc3C)CC2)cc(C(C)(C)C#N)c1. The van der Waals surface area contributed by atoms with E-state index in [1.54, 1.807) is 40.7 Å². The van der Waals surface area contributed by atoms with Gasteiger partial charge in [-0.2, -0.15) is 5.26 Å². The van der Waals surface area contributed by atoms with Crippen molar-refractivity contribution in [1.29, 1.82) is 5.26 Å². The first-order chi connectivity index (χ1) is 23.9. The number of hydrogen-bond donors (Lipinski definition) is 0. The van der Waals surface area contributed by atoms with Gasteiger partial charge in [0.1, 0.15) is 29.0 Å². The van der Waals surface area contributed by atoms with E-state index in [9.17, 15) is 14.9 Å². The van der Waals surface area contributed by atoms with Crippen LogP contribution in [-0.4, -0.2) is 70.4 Å². The second-order valence-corrected chi connectivity index (χ2v) is 13.9. The fraction of sp³-hybridized carbons (Fsp3) is 0.342. The highest BCUT2D eigenvalue weighted by Crippen LogP contribution is 2.45. The summed E-state index contributed by atoms with van der Waals surface area (Å²) >= 11 is 12.6. The third-order valence-corrected chi connectivity index (χ3v) is 9.76. The zero-order chi connectivity index (χ0) is 35.7. The standard InChI is InChI=1S/C38H38Cl2N6O4/c1-6-49-31-20-27(19-28(21-31)38(4,5)22-41)35-42-33(25-7-11-29(39)12-8-25)34(26-9-13-30(40)14-10-26)46(35)37(48)45-17-15-44(16-18-45)36(47)32-23(2)43-50-24(32)3/h7-14,19-21,33-34H,6,15-18H2,1-5H3/t33-,34+/m0/s1. The highest BCUT2D eigenvalue weighted by atomic mass is 35.5. The fourth-order valence-corrected chi connectivity index (χ4v) is 6.72. The maximum absolute atomic E-state index is 14.9. The first kappa shape index (κ1) is 35.0. The number of rotatable bonds is 7. The highest BCUT2D eigenvalue weighted by Gasteiger charge is 2.45. The van der Waals surface area contributed by atoms with Gasteiger partial charge in [0.05, 0.1) is 29.8 Å². The molecule has 3 aromatic carbocycles. The predicted molar refractivity (Wildman–Crippen MR) is 192 cm³/mol. The van der Waals surface area contributed by atoms with Crippen molar-refractivity contribution >= 4 is 41.0 Å². The van der Waals surface area contributed by atoms with Gasteiger partial charge in [-0.3, -0.25) is 14.7 Å². The number of aromatic nitrogens is 1. The molecule has 2 aliphatic rings. The summed E-state index contributed by atoms with van der Waals surface area (Å²) in [5.41, 5.74) is 3.24. The molecular weight excluding hydrogens is 675 g/mol. The minimum atomic E-state index is -0.842. The van der Waals surface area contributed by atoms with E-state index in [1.165, 1.54) is 0 Å². The molecule has 12 heteroatoms. The van der Waals surface area contributed by atoms with Gasteiger partial charge >= 0.3 is 6.03 Å². The van der Waals surface area contributed by atoms with Gasteiger partial charge in [0.15, 0.2) is 0 Å². The number of carbonyl (C=O) groups is 2. The molecular formula is C38H38Cl2N6O4. The summed E-state index contributed by atoms with van der Waals surface area (Å²) in [6.07, 6.45) is 0. The fourth-order valence-electron chi connectivity index (χ4n) is 6.47. The summed E-state index contributed by atoms with van der Waals surface area (Å²) in [5, 5.41) is 15.2. The van der Waals surface area contributed by atoms with E-state index in [1.807, 2.05) is 75.4 Å². The van der Waals surface area contributed by atoms with Crippen molar-refractivity contribution in [3.05, 3.63) is 116 Å². The van der Waals surface area contributed by atoms with Gasteiger partial charge in [0.2, 0.25) is 0 Å². The number of hydrogen-bond acceptors (Lipinski definition) is 7. The Morgan fingerprint density at radius 3 is 2.10 bits per heavy atom. The van der Waals surface area contributed by atoms with Gasteiger partial charge < -0.3 is 19.1 Å². The Morgan fingerprint density at radius 1 is 0.940 bits per heavy atom. The lowest BCUT2D eigenvalue weighted by atomic mass is 9.85. The van der Waals surface area contributed by atoms with E-state index in [0.29, 0.717) is 77.0 Å². The number of amides is 3. The van der Waals surface area contributed by atoms with Gasteiger partial charge in [0, 0.05) is 41.8 Å². The van der Waals surface area contributed by atoms with Gasteiger partial charge in [-0.25, -0.2) is 4.79 Å². The Balaban J connectivity index is 1.44. The van der Waals surface area contributed by atoms with Crippen molar-refractivity contribution in [3.8, 4) is 11.8 Å². The summed E-state index contributed by atoms with van der Waals surface area (Å²) in [4.78, 5) is 38.9. The smallest absolute Gasteiger partial charge is 0.326 e. The Kier molecular flexibility index (Phi) is 9.92. The predicted octanol–water partition coefficient (Wildman–Crippen LogP) is 7.92. The number of piperazine rings is 1. The summed E-state index contributed by atoms with van der Waals surface area (Å²) < 4.78 is 11.2. The van der Waals surface area contributed by atoms with Gasteiger partial charge in [0.25, 0.3) is 5.91 Å². The van der Waals surface area contributed by atoms with Crippen molar-refractivity contribution < 1.29 is 18.8 Å². The Morgan fingerprint density at radius 2 is 1.54 bits per heavy atom. The molecule has 2 atom stereocenters. The number of aliphatic imine (C=N–C) groups is 1. The largest absolute Gasteiger partial charge is 0.494 e. The topological polar surface area (TPSA) is 115 Å². The van der Waals surface area contributed by atoms with Crippen LogP contribution in [0.1, 0.15) is 76.9 Å². The van der Waals surface area contributed by atoms with Crippen LogP contribution in [0.25, 0.3) is 0 Å². The van der Waals surface area contributed by atoms with Crippen LogP contribution >= 0.6 is 23.2 Å². The number of aryl methyl sites for hydroxylation is 2. The second-order valence-electron chi connectivity index (χ2n) is 13.0. The van der Waals surface area contributed by atoms with Crippen LogP contribution < -0.4 is 4.74 Å². The Hall–Kier alpha value is -4.85. The van der Waals surface area contributed by atoms with E-state index in [-0.39, 0.29) is 11.9 Å². The molecule has 1 saturated heterocycles. The van der Waals surface area contributed by atoms with Crippen molar-refractivity contribution in [1.82, 2.24) is 19.9 Å². The number of nitriles is 1. The molecule has 0 saturated carbocycles. The van der Waals surface area contributed by atoms with Crippen LogP contribution in [0.3, 0.4) is 0 Å². The van der Waals surface area contributed by atoms with E-state index in [0.717, 1.165) is 16.7 Å². The minimum absolute atomic E-state index is 0.168. The summed E-state index contributed by atoms with van der Waals surface area (Å²) in [6, 6.07) is 21.6. The lowest BCUT2D eigenvalue weighted by Crippen LogP contribution is -2.55. The van der Waals surface area contributed by atoms with Crippen LogP contribution in [0.15, 0.2) is 76.2 Å². The third kappa shape index (κ3) is 6.80. The summed E-state index contributed by atoms with van der Waals surface area (Å²) in [6.45, 7) is 10.8. The summed E-state index contributed by atoms with van der Waals surface area (Å²) in [5.74, 6) is 1.32. The number of ether oxygens (including phenoxy) is 1. The second kappa shape index (κ2) is 14.2. The van der Waals surface area contributed by atoms with Gasteiger partial charge in [-0.15, -0.1) is 0 Å². The average molecular weight is 714 g/mol. The number of amidine groups is 1. The van der Waals surface area contributed by atoms with Crippen molar-refractivity contribution in [2.75, 3.05) is 32.8 Å². The van der Waals surface area contributed by atoms with Gasteiger partial charge in [-0.05, 0) is 93.8 Å². The van der Waals surface area contributed by atoms with Crippen LogP contribution in [0.2, 0.25) is 10.0 Å². The normalized spacial score (nSPS) is 17.8. The molecule has 4 aromatic rings. The van der Waals surface area contributed by atoms with Gasteiger partial charge in [-0.1, -0.05) is 52.6 Å². The quantitative estimate of drug-likeness (QED) is 0.192. The van der Waals surface area contributed by atoms with Crippen LogP contribution in [0.4, 0.5) is 4.79 Å². The number of benzene rings is 3. The zero-order valence-electron chi connectivity index (χ0n) is 28.6. The molecule has 1 fully saturated rings. The molecule has 6 rings (SSSR count). The molecule has 0 radical (unpaired) electrons. The molecule has 0 N–H and O–H groups in total. The van der Waals surface area contributed by atoms with Crippen LogP contribution in [0, 0.1) is 25.2 Å². The van der Waals surface area contributed by atoms with E-state index in [2.05, 4.69) is 11.2 Å². The molecule has 3 amide bonds. The monoisotopic (exact) mass is 712 g/mol. The third-order valence-electron chi connectivity index (χ3n) is 9.26. The molecule has 0 unspecified atom stereocenters.